The van der Waals surface area contributed by atoms with Crippen LogP contribution >= 0.6 is 28.1 Å². The van der Waals surface area contributed by atoms with Crippen molar-refractivity contribution in [3.8, 4) is 0 Å². The van der Waals surface area contributed by atoms with Crippen LogP contribution < -0.4 is 0 Å². The van der Waals surface area contributed by atoms with Gasteiger partial charge in [0.1, 0.15) is 5.82 Å². The van der Waals surface area contributed by atoms with Crippen LogP contribution in [0.15, 0.2) is 16.6 Å². The van der Waals surface area contributed by atoms with E-state index >= 15 is 0 Å². The summed E-state index contributed by atoms with van der Waals surface area (Å²) in [6.07, 6.45) is 0. The van der Waals surface area contributed by atoms with Crippen molar-refractivity contribution in [3.63, 3.8) is 0 Å². The number of benzene rings is 1. The van der Waals surface area contributed by atoms with Crippen molar-refractivity contribution in [3.05, 3.63) is 27.2 Å². The zero-order chi connectivity index (χ0) is 13.7. The van der Waals surface area contributed by atoms with Gasteiger partial charge in [0.25, 0.3) is 0 Å². The number of hydrogen-bond acceptors (Lipinski definition) is 1. The van der Waals surface area contributed by atoms with Gasteiger partial charge in [-0.1, -0.05) is 20.8 Å². The lowest BCUT2D eigenvalue weighted by molar-refractivity contribution is 0.265. The molecular formula is C13H16BrFN2S. The normalized spacial score (nSPS) is 14.1. The molecule has 0 saturated heterocycles. The third kappa shape index (κ3) is 2.26. The number of hydrogen-bond donors (Lipinski definition) is 1. The molecule has 0 fully saturated rings. The van der Waals surface area contributed by atoms with Gasteiger partial charge in [-0.25, -0.2) is 4.39 Å². The molecule has 0 spiro atoms. The first-order chi connectivity index (χ1) is 8.21. The Morgan fingerprint density at radius 1 is 1.39 bits per heavy atom. The first-order valence-corrected chi connectivity index (χ1v) is 7.01. The maximum Gasteiger partial charge on any atom is 0.178 e. The summed E-state index contributed by atoms with van der Waals surface area (Å²) in [6, 6.07) is 3.47. The van der Waals surface area contributed by atoms with Crippen LogP contribution in [0.2, 0.25) is 0 Å². The van der Waals surface area contributed by atoms with Gasteiger partial charge in [-0.2, -0.15) is 0 Å². The average molecular weight is 331 g/mol. The van der Waals surface area contributed by atoms with E-state index in [1.807, 2.05) is 0 Å². The highest BCUT2D eigenvalue weighted by molar-refractivity contribution is 9.10. The summed E-state index contributed by atoms with van der Waals surface area (Å²) >= 11 is 8.58. The quantitative estimate of drug-likeness (QED) is 0.712. The minimum absolute atomic E-state index is 0.0776. The highest BCUT2D eigenvalue weighted by atomic mass is 79.9. The van der Waals surface area contributed by atoms with Crippen LogP contribution in [0.25, 0.3) is 11.0 Å². The van der Waals surface area contributed by atoms with Crippen molar-refractivity contribution in [2.75, 3.05) is 0 Å². The summed E-state index contributed by atoms with van der Waals surface area (Å²) < 4.78 is 16.7. The van der Waals surface area contributed by atoms with Crippen molar-refractivity contribution in [2.24, 2.45) is 5.41 Å². The van der Waals surface area contributed by atoms with E-state index in [2.05, 4.69) is 53.2 Å². The van der Waals surface area contributed by atoms with Crippen molar-refractivity contribution in [2.45, 2.75) is 33.7 Å². The molecule has 98 valence electrons. The maximum absolute atomic E-state index is 13.5. The Morgan fingerprint density at radius 2 is 2.00 bits per heavy atom. The zero-order valence-corrected chi connectivity index (χ0v) is 13.2. The van der Waals surface area contributed by atoms with Crippen LogP contribution in [0.1, 0.15) is 33.7 Å². The number of nitrogens with zero attached hydrogens (tertiary/aromatic N) is 1. The molecule has 18 heavy (non-hydrogen) atoms. The van der Waals surface area contributed by atoms with Gasteiger partial charge < -0.3 is 9.55 Å². The van der Waals surface area contributed by atoms with Crippen LogP contribution in [-0.4, -0.2) is 9.55 Å². The molecule has 0 amide bonds. The lowest BCUT2D eigenvalue weighted by Gasteiger charge is -2.29. The number of nitrogens with one attached hydrogen (secondary N) is 1. The molecule has 1 aromatic heterocycles. The predicted molar refractivity (Wildman–Crippen MR) is 78.9 cm³/mol. The number of rotatable bonds is 1. The average Bonchev–Trinajstić information content (AvgIpc) is 2.52. The third-order valence-electron chi connectivity index (χ3n) is 3.40. The molecular weight excluding hydrogens is 315 g/mol. The lowest BCUT2D eigenvalue weighted by atomic mass is 9.88. The minimum Gasteiger partial charge on any atom is -0.330 e. The van der Waals surface area contributed by atoms with Gasteiger partial charge in [0, 0.05) is 12.1 Å². The Labute approximate surface area is 119 Å². The Morgan fingerprint density at radius 3 is 2.56 bits per heavy atom. The number of fused-ring (bicyclic) bond motifs is 1. The summed E-state index contributed by atoms with van der Waals surface area (Å²) in [5, 5.41) is 0. The Kier molecular flexibility index (Phi) is 3.40. The maximum atomic E-state index is 13.5. The molecule has 0 bridgehead atoms. The summed E-state index contributed by atoms with van der Waals surface area (Å²) in [5.74, 6) is -0.283. The molecule has 1 heterocycles. The van der Waals surface area contributed by atoms with E-state index in [9.17, 15) is 4.39 Å². The highest BCUT2D eigenvalue weighted by Crippen LogP contribution is 2.34. The van der Waals surface area contributed by atoms with Gasteiger partial charge in [-0.15, -0.1) is 0 Å². The molecule has 0 aliphatic carbocycles. The SMILES string of the molecule is CC(n1c(=S)[nH]c2cc(F)c(Br)cc21)C(C)(C)C. The van der Waals surface area contributed by atoms with Gasteiger partial charge in [0.15, 0.2) is 4.77 Å². The standard InChI is InChI=1S/C13H16BrFN2S/c1-7(13(2,3)4)17-11-5-8(14)9(15)6-10(11)16-12(17)18/h5-7H,1-4H3,(H,16,18). The molecule has 1 unspecified atom stereocenters. The fourth-order valence-corrected chi connectivity index (χ4v) is 2.59. The van der Waals surface area contributed by atoms with E-state index in [4.69, 9.17) is 12.2 Å². The molecule has 1 atom stereocenters. The van der Waals surface area contributed by atoms with Gasteiger partial charge in [-0.3, -0.25) is 0 Å². The van der Waals surface area contributed by atoms with Crippen LogP contribution in [0, 0.1) is 16.0 Å². The second kappa shape index (κ2) is 4.46. The first-order valence-electron chi connectivity index (χ1n) is 5.81. The number of imidazole rings is 1. The van der Waals surface area contributed by atoms with E-state index in [0.29, 0.717) is 9.24 Å². The molecule has 0 saturated carbocycles. The molecule has 1 aromatic carbocycles. The highest BCUT2D eigenvalue weighted by Gasteiger charge is 2.24. The zero-order valence-electron chi connectivity index (χ0n) is 10.8. The van der Waals surface area contributed by atoms with E-state index in [1.54, 1.807) is 6.07 Å². The molecule has 0 radical (unpaired) electrons. The molecule has 2 nitrogen and oxygen atoms in total. The van der Waals surface area contributed by atoms with Crippen molar-refractivity contribution < 1.29 is 4.39 Å². The Balaban J connectivity index is 2.75. The fourth-order valence-electron chi connectivity index (χ4n) is 1.89. The van der Waals surface area contributed by atoms with Gasteiger partial charge in [0.05, 0.1) is 15.5 Å². The van der Waals surface area contributed by atoms with Crippen LogP contribution in [0.3, 0.4) is 0 Å². The van der Waals surface area contributed by atoms with Crippen LogP contribution in [0.5, 0.6) is 0 Å². The minimum atomic E-state index is -0.283. The molecule has 1 N–H and O–H groups in total. The van der Waals surface area contributed by atoms with Crippen molar-refractivity contribution in [1.29, 1.82) is 0 Å². The number of H-pyrrole nitrogens is 1. The van der Waals surface area contributed by atoms with Crippen LogP contribution in [0.4, 0.5) is 4.39 Å². The predicted octanol–water partition coefficient (Wildman–Crippen LogP) is 5.21. The topological polar surface area (TPSA) is 20.7 Å². The summed E-state index contributed by atoms with van der Waals surface area (Å²) in [5.41, 5.74) is 1.74. The van der Waals surface area contributed by atoms with Gasteiger partial charge in [-0.05, 0) is 46.6 Å². The smallest absolute Gasteiger partial charge is 0.178 e. The van der Waals surface area contributed by atoms with Gasteiger partial charge in [0.2, 0.25) is 0 Å². The Bertz CT molecular complexity index is 651. The van der Waals surface area contributed by atoms with E-state index in [1.165, 1.54) is 6.07 Å². The lowest BCUT2D eigenvalue weighted by Crippen LogP contribution is -2.21. The van der Waals surface area contributed by atoms with E-state index in [0.717, 1.165) is 11.0 Å². The second-order valence-electron chi connectivity index (χ2n) is 5.63. The molecule has 2 aromatic rings. The number of halogens is 2. The number of aromatic amines is 1. The summed E-state index contributed by atoms with van der Waals surface area (Å²) in [6.45, 7) is 8.62. The fraction of sp³-hybridized carbons (Fsp3) is 0.462. The van der Waals surface area contributed by atoms with E-state index < -0.39 is 0 Å². The summed E-state index contributed by atoms with van der Waals surface area (Å²) in [4.78, 5) is 3.07. The third-order valence-corrected chi connectivity index (χ3v) is 4.31. The number of aromatic nitrogens is 2. The van der Waals surface area contributed by atoms with Crippen molar-refractivity contribution in [1.82, 2.24) is 9.55 Å². The molecule has 0 aliphatic rings. The van der Waals surface area contributed by atoms with Crippen LogP contribution in [-0.2, 0) is 0 Å². The van der Waals surface area contributed by atoms with Gasteiger partial charge >= 0.3 is 0 Å². The Hall–Kier alpha value is -0.680. The molecule has 5 heteroatoms. The second-order valence-corrected chi connectivity index (χ2v) is 6.87. The largest absolute Gasteiger partial charge is 0.330 e. The molecule has 2 rings (SSSR count). The molecule has 0 aliphatic heterocycles. The van der Waals surface area contributed by atoms with Crippen molar-refractivity contribution >= 4 is 39.2 Å². The first kappa shape index (κ1) is 13.7. The van der Waals surface area contributed by atoms with E-state index in [-0.39, 0.29) is 17.3 Å². The monoisotopic (exact) mass is 330 g/mol. The summed E-state index contributed by atoms with van der Waals surface area (Å²) in [7, 11) is 0.